The Balaban J connectivity index is 1.90. The molecule has 0 saturated carbocycles. The number of nitrogens with one attached hydrogen (secondary N) is 1. The van der Waals surface area contributed by atoms with Crippen LogP contribution in [0.1, 0.15) is 25.6 Å². The van der Waals surface area contributed by atoms with Gasteiger partial charge in [-0.05, 0) is 32.0 Å². The number of halogens is 1. The highest BCUT2D eigenvalue weighted by atomic mass is 19.1. The summed E-state index contributed by atoms with van der Waals surface area (Å²) in [6.45, 7) is 4.89. The predicted molar refractivity (Wildman–Crippen MR) is 67.4 cm³/mol. The first-order valence-electron chi connectivity index (χ1n) is 6.00. The maximum absolute atomic E-state index is 12.8. The molecular formula is C13H17FN4. The van der Waals surface area contributed by atoms with Gasteiger partial charge in [0.1, 0.15) is 5.82 Å². The number of pyridine rings is 1. The Morgan fingerprint density at radius 3 is 2.83 bits per heavy atom. The summed E-state index contributed by atoms with van der Waals surface area (Å²) in [5, 5.41) is 7.57. The smallest absolute Gasteiger partial charge is 0.141 e. The van der Waals surface area contributed by atoms with E-state index in [4.69, 9.17) is 0 Å². The second-order valence-corrected chi connectivity index (χ2v) is 4.42. The topological polar surface area (TPSA) is 42.7 Å². The van der Waals surface area contributed by atoms with Crippen LogP contribution in [0.15, 0.2) is 36.8 Å². The van der Waals surface area contributed by atoms with Gasteiger partial charge < -0.3 is 5.32 Å². The monoisotopic (exact) mass is 248 g/mol. The molecule has 0 radical (unpaired) electrons. The van der Waals surface area contributed by atoms with Crippen molar-refractivity contribution in [1.82, 2.24) is 20.1 Å². The van der Waals surface area contributed by atoms with Gasteiger partial charge >= 0.3 is 0 Å². The molecule has 2 heterocycles. The molecule has 2 atom stereocenters. The zero-order chi connectivity index (χ0) is 13.0. The van der Waals surface area contributed by atoms with E-state index in [2.05, 4.69) is 22.3 Å². The molecule has 0 aliphatic carbocycles. The predicted octanol–water partition coefficient (Wildman–Crippen LogP) is 2.16. The first kappa shape index (κ1) is 12.7. The molecule has 2 unspecified atom stereocenters. The van der Waals surface area contributed by atoms with Gasteiger partial charge in [0.05, 0.1) is 18.4 Å². The van der Waals surface area contributed by atoms with Crippen molar-refractivity contribution in [3.63, 3.8) is 0 Å². The molecule has 18 heavy (non-hydrogen) atoms. The van der Waals surface area contributed by atoms with Gasteiger partial charge in [-0.15, -0.1) is 0 Å². The lowest BCUT2D eigenvalue weighted by Gasteiger charge is -2.19. The lowest BCUT2D eigenvalue weighted by atomic mass is 10.2. The molecule has 2 rings (SSSR count). The first-order chi connectivity index (χ1) is 8.65. The number of rotatable bonds is 5. The molecule has 0 spiro atoms. The van der Waals surface area contributed by atoms with E-state index in [0.29, 0.717) is 0 Å². The van der Waals surface area contributed by atoms with E-state index in [1.165, 1.54) is 12.3 Å². The molecule has 0 fully saturated rings. The van der Waals surface area contributed by atoms with Gasteiger partial charge in [-0.2, -0.15) is 5.10 Å². The second-order valence-electron chi connectivity index (χ2n) is 4.42. The molecule has 96 valence electrons. The van der Waals surface area contributed by atoms with Gasteiger partial charge in [0.25, 0.3) is 0 Å². The summed E-state index contributed by atoms with van der Waals surface area (Å²) in [7, 11) is 0. The van der Waals surface area contributed by atoms with Gasteiger partial charge in [0.2, 0.25) is 0 Å². The van der Waals surface area contributed by atoms with Crippen molar-refractivity contribution in [2.24, 2.45) is 0 Å². The van der Waals surface area contributed by atoms with Crippen molar-refractivity contribution >= 4 is 0 Å². The molecule has 0 bridgehead atoms. The van der Waals surface area contributed by atoms with E-state index in [9.17, 15) is 4.39 Å². The van der Waals surface area contributed by atoms with Crippen molar-refractivity contribution in [2.45, 2.75) is 32.5 Å². The fourth-order valence-electron chi connectivity index (χ4n) is 1.90. The Hall–Kier alpha value is -1.75. The van der Waals surface area contributed by atoms with Crippen LogP contribution >= 0.6 is 0 Å². The third-order valence-electron chi connectivity index (χ3n) is 2.75. The minimum atomic E-state index is -0.310. The summed E-state index contributed by atoms with van der Waals surface area (Å²) in [6, 6.07) is 5.37. The van der Waals surface area contributed by atoms with Gasteiger partial charge in [-0.25, -0.2) is 4.39 Å². The van der Waals surface area contributed by atoms with Gasteiger partial charge in [-0.3, -0.25) is 9.67 Å². The van der Waals surface area contributed by atoms with E-state index in [-0.39, 0.29) is 17.9 Å². The molecule has 0 amide bonds. The Kier molecular flexibility index (Phi) is 4.04. The van der Waals surface area contributed by atoms with E-state index >= 15 is 0 Å². The summed E-state index contributed by atoms with van der Waals surface area (Å²) < 4.78 is 14.6. The zero-order valence-corrected chi connectivity index (χ0v) is 10.5. The minimum absolute atomic E-state index is 0.0798. The van der Waals surface area contributed by atoms with Crippen molar-refractivity contribution in [1.29, 1.82) is 0 Å². The van der Waals surface area contributed by atoms with Crippen LogP contribution in [-0.2, 0) is 6.54 Å². The van der Waals surface area contributed by atoms with Crippen molar-refractivity contribution in [2.75, 3.05) is 0 Å². The van der Waals surface area contributed by atoms with Gasteiger partial charge in [0, 0.05) is 24.5 Å². The molecule has 1 N–H and O–H groups in total. The highest BCUT2D eigenvalue weighted by Gasteiger charge is 2.11. The van der Waals surface area contributed by atoms with Crippen molar-refractivity contribution in [3.8, 4) is 0 Å². The highest BCUT2D eigenvalue weighted by molar-refractivity contribution is 5.09. The molecule has 0 saturated heterocycles. The lowest BCUT2D eigenvalue weighted by molar-refractivity contribution is 0.408. The van der Waals surface area contributed by atoms with Gasteiger partial charge in [-0.1, -0.05) is 0 Å². The number of hydrogen-bond acceptors (Lipinski definition) is 3. The largest absolute Gasteiger partial charge is 0.304 e. The molecule has 5 heteroatoms. The summed E-state index contributed by atoms with van der Waals surface area (Å²) in [4.78, 5) is 4.07. The van der Waals surface area contributed by atoms with Crippen LogP contribution in [0.5, 0.6) is 0 Å². The van der Waals surface area contributed by atoms with Crippen LogP contribution < -0.4 is 5.32 Å². The van der Waals surface area contributed by atoms with Crippen LogP contribution in [0, 0.1) is 5.82 Å². The number of nitrogens with zero attached hydrogens (tertiary/aromatic N) is 3. The summed E-state index contributed by atoms with van der Waals surface area (Å²) in [6.07, 6.45) is 4.93. The van der Waals surface area contributed by atoms with Crippen LogP contribution in [0.25, 0.3) is 0 Å². The normalized spacial score (nSPS) is 14.4. The molecular weight excluding hydrogens is 231 g/mol. The highest BCUT2D eigenvalue weighted by Crippen LogP contribution is 2.10. The molecule has 0 aromatic carbocycles. The summed E-state index contributed by atoms with van der Waals surface area (Å²) >= 11 is 0. The van der Waals surface area contributed by atoms with E-state index in [1.54, 1.807) is 12.3 Å². The van der Waals surface area contributed by atoms with E-state index in [0.717, 1.165) is 12.2 Å². The van der Waals surface area contributed by atoms with Crippen molar-refractivity contribution in [3.05, 3.63) is 48.3 Å². The summed E-state index contributed by atoms with van der Waals surface area (Å²) in [5.41, 5.74) is 0.837. The lowest BCUT2D eigenvalue weighted by Crippen LogP contribution is -2.33. The maximum atomic E-state index is 12.8. The minimum Gasteiger partial charge on any atom is -0.304 e. The molecule has 0 aliphatic heterocycles. The first-order valence-corrected chi connectivity index (χ1v) is 6.00. The molecule has 2 aromatic rings. The maximum Gasteiger partial charge on any atom is 0.141 e. The Morgan fingerprint density at radius 1 is 1.39 bits per heavy atom. The fraction of sp³-hybridized carbons (Fsp3) is 0.385. The average molecular weight is 248 g/mol. The SMILES string of the molecule is CC(Cn1cccn1)NC(C)c1ccc(F)cn1. The summed E-state index contributed by atoms with van der Waals surface area (Å²) in [5.74, 6) is -0.310. The van der Waals surface area contributed by atoms with E-state index < -0.39 is 0 Å². The second kappa shape index (κ2) is 5.73. The zero-order valence-electron chi connectivity index (χ0n) is 10.5. The molecule has 2 aromatic heterocycles. The van der Waals surface area contributed by atoms with E-state index in [1.807, 2.05) is 23.9 Å². The average Bonchev–Trinajstić information content (AvgIpc) is 2.82. The van der Waals surface area contributed by atoms with Crippen LogP contribution in [-0.4, -0.2) is 20.8 Å². The third kappa shape index (κ3) is 3.37. The third-order valence-corrected chi connectivity index (χ3v) is 2.75. The van der Waals surface area contributed by atoms with Gasteiger partial charge in [0.15, 0.2) is 0 Å². The van der Waals surface area contributed by atoms with Crippen LogP contribution in [0.4, 0.5) is 4.39 Å². The molecule has 0 aliphatic rings. The Bertz CT molecular complexity index is 466. The number of hydrogen-bond donors (Lipinski definition) is 1. The number of aromatic nitrogens is 3. The Labute approximate surface area is 106 Å². The molecule has 4 nitrogen and oxygen atoms in total. The standard InChI is InChI=1S/C13H17FN4/c1-10(9-18-7-3-6-16-18)17-11(2)13-5-4-12(14)8-15-13/h3-8,10-11,17H,9H2,1-2H3. The van der Waals surface area contributed by atoms with Crippen LogP contribution in [0.3, 0.4) is 0 Å². The fourth-order valence-corrected chi connectivity index (χ4v) is 1.90. The quantitative estimate of drug-likeness (QED) is 0.881. The van der Waals surface area contributed by atoms with Crippen LogP contribution in [0.2, 0.25) is 0 Å². The van der Waals surface area contributed by atoms with Crippen molar-refractivity contribution < 1.29 is 4.39 Å². The Morgan fingerprint density at radius 2 is 2.22 bits per heavy atom.